The molecule has 0 aliphatic carbocycles. The molecule has 0 fully saturated rings. The highest BCUT2D eigenvalue weighted by Gasteiger charge is 1.82. The highest BCUT2D eigenvalue weighted by Crippen LogP contribution is 1.83. The molecule has 1 nitrogen and oxygen atoms in total. The van der Waals surface area contributed by atoms with Crippen molar-refractivity contribution in [2.24, 2.45) is 0 Å². The van der Waals surface area contributed by atoms with Gasteiger partial charge < -0.3 is 5.73 Å². The van der Waals surface area contributed by atoms with Crippen LogP contribution < -0.4 is 16.2 Å². The van der Waals surface area contributed by atoms with Crippen molar-refractivity contribution < 1.29 is 0 Å². The fourth-order valence-corrected chi connectivity index (χ4v) is 0.655. The zero-order chi connectivity index (χ0) is 6.85. The van der Waals surface area contributed by atoms with E-state index < -0.39 is 0 Å². The number of rotatable bonds is 0. The lowest BCUT2D eigenvalue weighted by atomic mass is 10.2. The van der Waals surface area contributed by atoms with Crippen molar-refractivity contribution in [2.45, 2.75) is 0 Å². The van der Waals surface area contributed by atoms with Gasteiger partial charge in [-0.15, -0.1) is 0 Å². The normalized spacial score (nSPS) is 9.33. The van der Waals surface area contributed by atoms with Crippen LogP contribution in [-0.2, 0) is 0 Å². The summed E-state index contributed by atoms with van der Waals surface area (Å²) in [5.74, 6) is 0. The molecule has 0 saturated carbocycles. The van der Waals surface area contributed by atoms with Gasteiger partial charge in [-0.1, -0.05) is 25.3 Å². The van der Waals surface area contributed by atoms with Crippen LogP contribution in [0.4, 0.5) is 5.69 Å². The molecule has 0 unspecified atom stereocenters. The maximum absolute atomic E-state index is 5.52. The first-order valence-electron chi connectivity index (χ1n) is 2.74. The van der Waals surface area contributed by atoms with Crippen LogP contribution in [-0.4, -0.2) is 0 Å². The minimum absolute atomic E-state index is 0.711. The van der Waals surface area contributed by atoms with E-state index in [0.717, 1.165) is 10.4 Å². The number of anilines is 1. The van der Waals surface area contributed by atoms with Crippen LogP contribution in [0.1, 0.15) is 0 Å². The Hall–Kier alpha value is -1.24. The Kier molecular flexibility index (Phi) is 1.27. The Morgan fingerprint density at radius 3 is 2.33 bits per heavy atom. The second-order valence-corrected chi connectivity index (χ2v) is 1.98. The van der Waals surface area contributed by atoms with Crippen molar-refractivity contribution in [3.8, 4) is 0 Å². The van der Waals surface area contributed by atoms with Crippen LogP contribution in [0.25, 0.3) is 13.2 Å². The third-order valence-electron chi connectivity index (χ3n) is 1.31. The summed E-state index contributed by atoms with van der Waals surface area (Å²) in [4.78, 5) is 0. The third kappa shape index (κ3) is 0.941. The molecule has 1 aromatic rings. The van der Waals surface area contributed by atoms with Gasteiger partial charge >= 0.3 is 0 Å². The molecule has 0 amide bonds. The molecule has 0 heterocycles. The number of hydrogen-bond acceptors (Lipinski definition) is 1. The fraction of sp³-hybridized carbons (Fsp3) is 0. The Labute approximate surface area is 54.1 Å². The largest absolute Gasteiger partial charge is 0.398 e. The second-order valence-electron chi connectivity index (χ2n) is 1.98. The molecule has 1 rings (SSSR count). The topological polar surface area (TPSA) is 26.0 Å². The van der Waals surface area contributed by atoms with Gasteiger partial charge in [0, 0.05) is 5.69 Å². The third-order valence-corrected chi connectivity index (χ3v) is 1.31. The average Bonchev–Trinajstić information content (AvgIpc) is 1.83. The maximum Gasteiger partial charge on any atom is 0.0387 e. The van der Waals surface area contributed by atoms with E-state index in [1.807, 2.05) is 18.2 Å². The summed E-state index contributed by atoms with van der Waals surface area (Å²) in [5, 5.41) is 1.73. The van der Waals surface area contributed by atoms with E-state index in [9.17, 15) is 0 Å². The minimum atomic E-state index is 0.711. The lowest BCUT2D eigenvalue weighted by molar-refractivity contribution is 1.54. The van der Waals surface area contributed by atoms with Crippen LogP contribution in [0.2, 0.25) is 0 Å². The Morgan fingerprint density at radius 2 is 1.89 bits per heavy atom. The molecular weight excluding hydrogens is 110 g/mol. The van der Waals surface area contributed by atoms with Crippen LogP contribution in [0.15, 0.2) is 18.2 Å². The summed E-state index contributed by atoms with van der Waals surface area (Å²) in [6.45, 7) is 7.47. The molecule has 0 bridgehead atoms. The first kappa shape index (κ1) is 5.89. The predicted molar refractivity (Wildman–Crippen MR) is 41.1 cm³/mol. The van der Waals surface area contributed by atoms with Crippen LogP contribution in [0, 0.1) is 0 Å². The van der Waals surface area contributed by atoms with E-state index in [-0.39, 0.29) is 0 Å². The highest BCUT2D eigenvalue weighted by atomic mass is 14.5. The van der Waals surface area contributed by atoms with Gasteiger partial charge in [-0.25, -0.2) is 0 Å². The molecule has 1 aromatic carbocycles. The molecule has 2 N–H and O–H groups in total. The number of hydrogen-bond donors (Lipinski definition) is 1. The van der Waals surface area contributed by atoms with E-state index in [4.69, 9.17) is 5.73 Å². The van der Waals surface area contributed by atoms with E-state index in [1.165, 1.54) is 0 Å². The second kappa shape index (κ2) is 1.94. The van der Waals surface area contributed by atoms with E-state index in [0.29, 0.717) is 5.69 Å². The molecule has 0 aromatic heterocycles. The lowest BCUT2D eigenvalue weighted by Gasteiger charge is -1.90. The van der Waals surface area contributed by atoms with Gasteiger partial charge in [0.2, 0.25) is 0 Å². The summed E-state index contributed by atoms with van der Waals surface area (Å²) < 4.78 is 0. The summed E-state index contributed by atoms with van der Waals surface area (Å²) in [6, 6.07) is 5.57. The van der Waals surface area contributed by atoms with Gasteiger partial charge in [-0.2, -0.15) is 0 Å². The van der Waals surface area contributed by atoms with Crippen LogP contribution >= 0.6 is 0 Å². The number of nitrogens with two attached hydrogens (primary N) is 1. The van der Waals surface area contributed by atoms with Gasteiger partial charge in [-0.05, 0) is 16.5 Å². The van der Waals surface area contributed by atoms with Gasteiger partial charge in [0.05, 0.1) is 0 Å². The number of nitrogen functional groups attached to an aromatic ring is 1. The first-order valence-corrected chi connectivity index (χ1v) is 2.74. The zero-order valence-corrected chi connectivity index (χ0v) is 5.22. The molecule has 0 spiro atoms. The summed E-state index contributed by atoms with van der Waals surface area (Å²) in [6.07, 6.45) is 0. The van der Waals surface area contributed by atoms with Gasteiger partial charge in [0.25, 0.3) is 0 Å². The summed E-state index contributed by atoms with van der Waals surface area (Å²) in [7, 11) is 0. The van der Waals surface area contributed by atoms with Crippen molar-refractivity contribution in [1.82, 2.24) is 0 Å². The molecule has 1 heteroatoms. The van der Waals surface area contributed by atoms with Crippen molar-refractivity contribution in [3.63, 3.8) is 0 Å². The Morgan fingerprint density at radius 1 is 1.22 bits per heavy atom. The lowest BCUT2D eigenvalue weighted by Crippen LogP contribution is -2.23. The number of benzene rings is 1. The highest BCUT2D eigenvalue weighted by molar-refractivity contribution is 5.41. The molecule has 0 aliphatic heterocycles. The Bertz CT molecular complexity index is 301. The van der Waals surface area contributed by atoms with Gasteiger partial charge in [0.1, 0.15) is 0 Å². The fourth-order valence-electron chi connectivity index (χ4n) is 0.655. The standard InChI is InChI=1S/C8H9N/c1-6-4-3-5-8(9)7(6)2/h3-5H,1-2,9H2. The molecule has 46 valence electrons. The van der Waals surface area contributed by atoms with E-state index >= 15 is 0 Å². The molecule has 9 heavy (non-hydrogen) atoms. The monoisotopic (exact) mass is 119 g/mol. The zero-order valence-electron chi connectivity index (χ0n) is 5.22. The molecule has 0 radical (unpaired) electrons. The SMILES string of the molecule is C=c1cccc(N)c1=C. The van der Waals surface area contributed by atoms with E-state index in [1.54, 1.807) is 0 Å². The molecule has 0 saturated heterocycles. The van der Waals surface area contributed by atoms with Crippen molar-refractivity contribution in [1.29, 1.82) is 0 Å². The maximum atomic E-state index is 5.52. The van der Waals surface area contributed by atoms with Gasteiger partial charge in [-0.3, -0.25) is 0 Å². The van der Waals surface area contributed by atoms with Crippen molar-refractivity contribution in [3.05, 3.63) is 28.6 Å². The van der Waals surface area contributed by atoms with Crippen LogP contribution in [0.3, 0.4) is 0 Å². The summed E-state index contributed by atoms with van der Waals surface area (Å²) in [5.41, 5.74) is 6.23. The molecule has 0 atom stereocenters. The Balaban J connectivity index is 3.63. The smallest absolute Gasteiger partial charge is 0.0387 e. The molecule has 0 aliphatic rings. The van der Waals surface area contributed by atoms with Gasteiger partial charge in [0.15, 0.2) is 0 Å². The van der Waals surface area contributed by atoms with Crippen molar-refractivity contribution in [2.75, 3.05) is 5.73 Å². The minimum Gasteiger partial charge on any atom is -0.398 e. The molecular formula is C8H9N. The van der Waals surface area contributed by atoms with Crippen molar-refractivity contribution >= 4 is 18.8 Å². The summed E-state index contributed by atoms with van der Waals surface area (Å²) >= 11 is 0. The quantitative estimate of drug-likeness (QED) is 0.481. The predicted octanol–water partition coefficient (Wildman–Crippen LogP) is 0.0894. The van der Waals surface area contributed by atoms with E-state index in [2.05, 4.69) is 13.2 Å². The van der Waals surface area contributed by atoms with Crippen LogP contribution in [0.5, 0.6) is 0 Å². The average molecular weight is 119 g/mol. The first-order chi connectivity index (χ1) is 4.22.